The summed E-state index contributed by atoms with van der Waals surface area (Å²) < 4.78 is 0. The van der Waals surface area contributed by atoms with E-state index in [1.807, 2.05) is 13.8 Å². The number of allylic oxidation sites excluding steroid dienone is 1. The Morgan fingerprint density at radius 2 is 1.30 bits per heavy atom. The maximum Gasteiger partial charge on any atom is 0.343 e. The summed E-state index contributed by atoms with van der Waals surface area (Å²) in [5.74, 6) is -2.63. The Morgan fingerprint density at radius 1 is 0.850 bits per heavy atom. The van der Waals surface area contributed by atoms with Gasteiger partial charge in [0.2, 0.25) is 0 Å². The Balaban J connectivity index is 6.09. The van der Waals surface area contributed by atoms with E-state index in [1.54, 1.807) is 0 Å². The highest BCUT2D eigenvalue weighted by Gasteiger charge is 2.36. The predicted octanol–water partition coefficient (Wildman–Crippen LogP) is 4.25. The first-order chi connectivity index (χ1) is 9.40. The molecule has 0 saturated heterocycles. The summed E-state index contributed by atoms with van der Waals surface area (Å²) in [5.41, 5.74) is -0.0622. The van der Waals surface area contributed by atoms with Crippen molar-refractivity contribution >= 4 is 11.9 Å². The van der Waals surface area contributed by atoms with Gasteiger partial charge in [-0.05, 0) is 36.7 Å². The van der Waals surface area contributed by atoms with Gasteiger partial charge >= 0.3 is 11.9 Å². The van der Waals surface area contributed by atoms with Crippen LogP contribution in [0.3, 0.4) is 0 Å². The van der Waals surface area contributed by atoms with Gasteiger partial charge in [-0.25, -0.2) is 9.59 Å². The minimum atomic E-state index is -1.31. The molecule has 0 aromatic heterocycles. The third-order valence-electron chi connectivity index (χ3n) is 4.00. The van der Waals surface area contributed by atoms with Gasteiger partial charge in [0.25, 0.3) is 0 Å². The summed E-state index contributed by atoms with van der Waals surface area (Å²) in [6.07, 6.45) is 5.62. The van der Waals surface area contributed by atoms with Crippen molar-refractivity contribution in [2.24, 2.45) is 5.41 Å². The fraction of sp³-hybridized carbons (Fsp3) is 0.750. The van der Waals surface area contributed by atoms with Gasteiger partial charge in [0.05, 0.1) is 0 Å². The molecular weight excluding hydrogens is 256 g/mol. The van der Waals surface area contributed by atoms with Crippen molar-refractivity contribution in [3.63, 3.8) is 0 Å². The lowest BCUT2D eigenvalue weighted by molar-refractivity contribution is -0.140. The Bertz CT molecular complexity index is 347. The number of aliphatic carboxylic acids is 2. The maximum absolute atomic E-state index is 11.4. The van der Waals surface area contributed by atoms with Gasteiger partial charge in [-0.15, -0.1) is 0 Å². The second-order valence-electron chi connectivity index (χ2n) is 5.35. The predicted molar refractivity (Wildman–Crippen MR) is 79.7 cm³/mol. The van der Waals surface area contributed by atoms with Crippen molar-refractivity contribution < 1.29 is 19.8 Å². The van der Waals surface area contributed by atoms with E-state index in [-0.39, 0.29) is 5.41 Å². The molecule has 0 rings (SSSR count). The zero-order valence-electron chi connectivity index (χ0n) is 13.2. The van der Waals surface area contributed by atoms with Crippen LogP contribution in [0.15, 0.2) is 11.1 Å². The minimum Gasteiger partial charge on any atom is -0.477 e. The molecule has 4 nitrogen and oxygen atoms in total. The molecule has 0 aliphatic rings. The van der Waals surface area contributed by atoms with Crippen molar-refractivity contribution in [2.45, 2.75) is 72.6 Å². The van der Waals surface area contributed by atoms with Gasteiger partial charge in [0.15, 0.2) is 0 Å². The molecule has 0 atom stereocenters. The molecule has 0 aromatic rings. The molecule has 0 fully saturated rings. The fourth-order valence-electron chi connectivity index (χ4n) is 3.21. The van der Waals surface area contributed by atoms with Gasteiger partial charge in [-0.3, -0.25) is 0 Å². The van der Waals surface area contributed by atoms with Gasteiger partial charge in [0, 0.05) is 0 Å². The van der Waals surface area contributed by atoms with E-state index in [0.29, 0.717) is 12.0 Å². The quantitative estimate of drug-likeness (QED) is 0.357. The molecule has 0 bridgehead atoms. The largest absolute Gasteiger partial charge is 0.477 e. The van der Waals surface area contributed by atoms with E-state index < -0.39 is 17.5 Å². The first kappa shape index (κ1) is 18.7. The molecule has 0 saturated carbocycles. The molecule has 0 aromatic carbocycles. The van der Waals surface area contributed by atoms with E-state index >= 15 is 0 Å². The molecule has 0 heterocycles. The third-order valence-corrected chi connectivity index (χ3v) is 4.00. The van der Waals surface area contributed by atoms with E-state index in [4.69, 9.17) is 0 Å². The van der Waals surface area contributed by atoms with Crippen LogP contribution in [0, 0.1) is 5.41 Å². The van der Waals surface area contributed by atoms with Gasteiger partial charge in [-0.1, -0.05) is 47.0 Å². The summed E-state index contributed by atoms with van der Waals surface area (Å²) in [6, 6.07) is 0. The summed E-state index contributed by atoms with van der Waals surface area (Å²) in [7, 11) is 0. The van der Waals surface area contributed by atoms with Crippen LogP contribution < -0.4 is 0 Å². The van der Waals surface area contributed by atoms with E-state index in [0.717, 1.165) is 38.5 Å². The number of carbonyl (C=O) groups is 2. The number of hydrogen-bond donors (Lipinski definition) is 2. The smallest absolute Gasteiger partial charge is 0.343 e. The molecule has 0 radical (unpaired) electrons. The molecule has 2 N–H and O–H groups in total. The molecule has 116 valence electrons. The van der Waals surface area contributed by atoms with Crippen LogP contribution in [0.25, 0.3) is 0 Å². The Labute approximate surface area is 121 Å². The zero-order valence-corrected chi connectivity index (χ0v) is 13.2. The molecule has 0 aliphatic heterocycles. The van der Waals surface area contributed by atoms with Gasteiger partial charge < -0.3 is 10.2 Å². The summed E-state index contributed by atoms with van der Waals surface area (Å²) >= 11 is 0. The number of carboxylic acid groups (broad SMARTS) is 2. The topological polar surface area (TPSA) is 74.6 Å². The van der Waals surface area contributed by atoms with Gasteiger partial charge in [0.1, 0.15) is 5.57 Å². The Hall–Kier alpha value is -1.32. The van der Waals surface area contributed by atoms with Crippen LogP contribution in [0.5, 0.6) is 0 Å². The molecule has 0 aliphatic carbocycles. The molecule has 20 heavy (non-hydrogen) atoms. The second-order valence-corrected chi connectivity index (χ2v) is 5.35. The van der Waals surface area contributed by atoms with Crippen molar-refractivity contribution in [2.75, 3.05) is 0 Å². The van der Waals surface area contributed by atoms with Crippen LogP contribution in [0.4, 0.5) is 0 Å². The van der Waals surface area contributed by atoms with E-state index in [2.05, 4.69) is 13.8 Å². The summed E-state index contributed by atoms with van der Waals surface area (Å²) in [4.78, 5) is 22.8. The monoisotopic (exact) mass is 284 g/mol. The molecule has 0 unspecified atom stereocenters. The Kier molecular flexibility index (Phi) is 8.19. The highest BCUT2D eigenvalue weighted by Crippen LogP contribution is 2.44. The molecule has 0 spiro atoms. The van der Waals surface area contributed by atoms with Crippen LogP contribution in [-0.2, 0) is 9.59 Å². The van der Waals surface area contributed by atoms with Crippen molar-refractivity contribution in [1.29, 1.82) is 0 Å². The highest BCUT2D eigenvalue weighted by molar-refractivity contribution is 6.13. The minimum absolute atomic E-state index is 0.286. The first-order valence-electron chi connectivity index (χ1n) is 7.60. The summed E-state index contributed by atoms with van der Waals surface area (Å²) in [5, 5.41) is 18.6. The lowest BCUT2D eigenvalue weighted by atomic mass is 9.68. The van der Waals surface area contributed by atoms with Gasteiger partial charge in [-0.2, -0.15) is 0 Å². The lowest BCUT2D eigenvalue weighted by Gasteiger charge is -2.36. The maximum atomic E-state index is 11.4. The standard InChI is InChI=1S/C16H28O4/c1-5-9-12(13(14(17)18)15(19)20)16(8-4,10-6-2)11-7-3/h5-11H2,1-4H3,(H,17,18)(H,19,20). The third kappa shape index (κ3) is 4.36. The number of carboxylic acids is 2. The van der Waals surface area contributed by atoms with Crippen LogP contribution in [-0.4, -0.2) is 22.2 Å². The van der Waals surface area contributed by atoms with Crippen LogP contribution in [0.1, 0.15) is 72.6 Å². The van der Waals surface area contributed by atoms with E-state index in [9.17, 15) is 19.8 Å². The lowest BCUT2D eigenvalue weighted by Crippen LogP contribution is -2.28. The molecule has 4 heteroatoms. The van der Waals surface area contributed by atoms with Crippen molar-refractivity contribution in [1.82, 2.24) is 0 Å². The Morgan fingerprint density at radius 3 is 1.55 bits per heavy atom. The number of rotatable bonds is 10. The van der Waals surface area contributed by atoms with Crippen molar-refractivity contribution in [3.05, 3.63) is 11.1 Å². The number of hydrogen-bond acceptors (Lipinski definition) is 2. The molecular formula is C16H28O4. The second kappa shape index (κ2) is 8.77. The normalized spacial score (nSPS) is 11.2. The summed E-state index contributed by atoms with van der Waals surface area (Å²) in [6.45, 7) is 8.11. The van der Waals surface area contributed by atoms with Crippen LogP contribution >= 0.6 is 0 Å². The van der Waals surface area contributed by atoms with Crippen molar-refractivity contribution in [3.8, 4) is 0 Å². The average molecular weight is 284 g/mol. The highest BCUT2D eigenvalue weighted by atomic mass is 16.4. The average Bonchev–Trinajstić information content (AvgIpc) is 2.37. The fourth-order valence-corrected chi connectivity index (χ4v) is 3.21. The van der Waals surface area contributed by atoms with E-state index in [1.165, 1.54) is 0 Å². The van der Waals surface area contributed by atoms with Crippen LogP contribution in [0.2, 0.25) is 0 Å². The SMILES string of the molecule is CCCC(=C(C(=O)O)C(=O)O)C(CC)(CCC)CCC. The zero-order chi connectivity index (χ0) is 15.8. The molecule has 0 amide bonds. The first-order valence-corrected chi connectivity index (χ1v) is 7.60.